The Bertz CT molecular complexity index is 698. The van der Waals surface area contributed by atoms with Crippen LogP contribution in [-0.2, 0) is 17.6 Å². The van der Waals surface area contributed by atoms with E-state index in [1.807, 2.05) is 31.2 Å². The number of benzene rings is 1. The molecule has 1 heterocycles. The maximum atomic E-state index is 11.8. The van der Waals surface area contributed by atoms with Crippen LogP contribution in [0.2, 0.25) is 0 Å². The minimum Gasteiger partial charge on any atom is -0.550 e. The standard InChI is InChI=1S/C14H13BrN2O3.K/c1-2-12-11(7-14(19)20)13(18)8-16-17(12)10-5-3-9(15)4-6-10;/h3-6,8H,2,7H2,1H3,(H,19,20);/q;+1/p-1. The molecule has 21 heavy (non-hydrogen) atoms. The second-order valence-corrected chi connectivity index (χ2v) is 5.14. The van der Waals surface area contributed by atoms with Crippen LogP contribution in [0.4, 0.5) is 0 Å². The summed E-state index contributed by atoms with van der Waals surface area (Å²) in [6.07, 6.45) is 1.24. The zero-order valence-corrected chi connectivity index (χ0v) is 16.5. The van der Waals surface area contributed by atoms with Gasteiger partial charge in [0.05, 0.1) is 11.9 Å². The van der Waals surface area contributed by atoms with E-state index in [2.05, 4.69) is 21.0 Å². The molecule has 0 aliphatic heterocycles. The van der Waals surface area contributed by atoms with Crippen LogP contribution in [0.15, 0.2) is 39.7 Å². The average Bonchev–Trinajstić information content (AvgIpc) is 2.41. The molecule has 0 amide bonds. The van der Waals surface area contributed by atoms with Crippen LogP contribution in [0.25, 0.3) is 5.69 Å². The molecule has 104 valence electrons. The van der Waals surface area contributed by atoms with Crippen molar-refractivity contribution in [3.05, 3.63) is 56.4 Å². The molecule has 1 aromatic heterocycles. The van der Waals surface area contributed by atoms with Crippen molar-refractivity contribution in [1.82, 2.24) is 9.78 Å². The van der Waals surface area contributed by atoms with Crippen LogP contribution < -0.4 is 61.9 Å². The summed E-state index contributed by atoms with van der Waals surface area (Å²) in [5.41, 5.74) is 1.21. The number of nitrogens with zero attached hydrogens (tertiary/aromatic N) is 2. The number of carbonyl (C=O) groups is 1. The van der Waals surface area contributed by atoms with E-state index in [9.17, 15) is 14.7 Å². The zero-order valence-electron chi connectivity index (χ0n) is 11.8. The van der Waals surface area contributed by atoms with Gasteiger partial charge in [-0.15, -0.1) is 0 Å². The Hall–Kier alpha value is -0.314. The van der Waals surface area contributed by atoms with Gasteiger partial charge in [-0.3, -0.25) is 4.79 Å². The van der Waals surface area contributed by atoms with Crippen molar-refractivity contribution in [2.75, 3.05) is 0 Å². The van der Waals surface area contributed by atoms with Crippen molar-refractivity contribution >= 4 is 21.9 Å². The van der Waals surface area contributed by atoms with E-state index in [4.69, 9.17) is 0 Å². The Balaban J connectivity index is 0.00000220. The fraction of sp³-hybridized carbons (Fsp3) is 0.214. The Morgan fingerprint density at radius 1 is 1.33 bits per heavy atom. The summed E-state index contributed by atoms with van der Waals surface area (Å²) in [6.45, 7) is 1.85. The van der Waals surface area contributed by atoms with Crippen LogP contribution >= 0.6 is 15.9 Å². The third-order valence-electron chi connectivity index (χ3n) is 2.92. The Kier molecular flexibility index (Phi) is 7.45. The number of carboxylic acid groups (broad SMARTS) is 1. The van der Waals surface area contributed by atoms with Gasteiger partial charge in [-0.05, 0) is 30.7 Å². The molecule has 2 aromatic rings. The van der Waals surface area contributed by atoms with E-state index in [1.165, 1.54) is 0 Å². The van der Waals surface area contributed by atoms with E-state index in [-0.39, 0.29) is 62.4 Å². The number of aliphatic carboxylic acids is 1. The normalized spacial score (nSPS) is 10.0. The van der Waals surface area contributed by atoms with Crippen LogP contribution in [0.1, 0.15) is 18.2 Å². The molecule has 0 spiro atoms. The monoisotopic (exact) mass is 374 g/mol. The van der Waals surface area contributed by atoms with Gasteiger partial charge in [-0.25, -0.2) is 4.68 Å². The first-order valence-electron chi connectivity index (χ1n) is 6.08. The fourth-order valence-corrected chi connectivity index (χ4v) is 2.29. The summed E-state index contributed by atoms with van der Waals surface area (Å²) in [7, 11) is 0. The van der Waals surface area contributed by atoms with Crippen molar-refractivity contribution < 1.29 is 61.3 Å². The predicted molar refractivity (Wildman–Crippen MR) is 75.6 cm³/mol. The van der Waals surface area contributed by atoms with Gasteiger partial charge in [-0.2, -0.15) is 5.10 Å². The number of halogens is 1. The SMILES string of the molecule is CCc1c(CC(=O)[O-])c(=O)cnn1-c1ccc(Br)cc1.[K+]. The maximum absolute atomic E-state index is 11.8. The summed E-state index contributed by atoms with van der Waals surface area (Å²) in [5.74, 6) is -1.27. The minimum absolute atomic E-state index is 0. The van der Waals surface area contributed by atoms with Crippen molar-refractivity contribution in [2.24, 2.45) is 0 Å². The topological polar surface area (TPSA) is 75.0 Å². The average molecular weight is 375 g/mol. The largest absolute Gasteiger partial charge is 1.00 e. The van der Waals surface area contributed by atoms with Crippen LogP contribution in [0, 0.1) is 0 Å². The molecule has 0 saturated carbocycles. The molecule has 5 nitrogen and oxygen atoms in total. The Morgan fingerprint density at radius 2 is 1.95 bits per heavy atom. The van der Waals surface area contributed by atoms with Crippen molar-refractivity contribution in [3.63, 3.8) is 0 Å². The summed E-state index contributed by atoms with van der Waals surface area (Å²) >= 11 is 3.35. The molecule has 2 rings (SSSR count). The number of carbonyl (C=O) groups excluding carboxylic acids is 1. The Morgan fingerprint density at radius 3 is 2.48 bits per heavy atom. The number of hydrogen-bond acceptors (Lipinski definition) is 4. The van der Waals surface area contributed by atoms with E-state index >= 15 is 0 Å². The molecule has 0 fully saturated rings. The van der Waals surface area contributed by atoms with Gasteiger partial charge in [0.15, 0.2) is 0 Å². The van der Waals surface area contributed by atoms with Gasteiger partial charge in [0.2, 0.25) is 5.43 Å². The summed E-state index contributed by atoms with van der Waals surface area (Å²) in [6, 6.07) is 7.38. The molecule has 0 atom stereocenters. The first-order valence-corrected chi connectivity index (χ1v) is 6.88. The first-order chi connectivity index (χ1) is 9.52. The van der Waals surface area contributed by atoms with Crippen LogP contribution in [0.3, 0.4) is 0 Å². The quantitative estimate of drug-likeness (QED) is 0.572. The van der Waals surface area contributed by atoms with Crippen molar-refractivity contribution in [1.29, 1.82) is 0 Å². The summed E-state index contributed by atoms with van der Waals surface area (Å²) in [5, 5.41) is 14.9. The van der Waals surface area contributed by atoms with E-state index in [0.29, 0.717) is 12.1 Å². The number of aromatic nitrogens is 2. The predicted octanol–water partition coefficient (Wildman–Crippen LogP) is -2.15. The third kappa shape index (κ3) is 4.58. The molecule has 0 aliphatic rings. The summed E-state index contributed by atoms with van der Waals surface area (Å²) in [4.78, 5) is 22.6. The van der Waals surface area contributed by atoms with Gasteiger partial charge in [0, 0.05) is 28.1 Å². The molecular weight excluding hydrogens is 363 g/mol. The second-order valence-electron chi connectivity index (χ2n) is 4.22. The fourth-order valence-electron chi connectivity index (χ4n) is 2.03. The Labute approximate surface area is 172 Å². The molecule has 0 radical (unpaired) electrons. The number of carboxylic acids is 1. The number of rotatable bonds is 4. The molecule has 0 aliphatic carbocycles. The minimum atomic E-state index is -1.27. The van der Waals surface area contributed by atoms with Crippen molar-refractivity contribution in [3.8, 4) is 5.69 Å². The third-order valence-corrected chi connectivity index (χ3v) is 3.45. The van der Waals surface area contributed by atoms with Crippen LogP contribution in [-0.4, -0.2) is 15.7 Å². The maximum Gasteiger partial charge on any atom is 1.00 e. The van der Waals surface area contributed by atoms with Crippen LogP contribution in [0.5, 0.6) is 0 Å². The second kappa shape index (κ2) is 8.35. The molecular formula is C14H12BrKN2O3. The zero-order chi connectivity index (χ0) is 14.7. The molecule has 0 saturated heterocycles. The molecule has 0 unspecified atom stereocenters. The number of hydrogen-bond donors (Lipinski definition) is 0. The first kappa shape index (κ1) is 18.7. The van der Waals surface area contributed by atoms with E-state index in [0.717, 1.165) is 16.4 Å². The van der Waals surface area contributed by atoms with E-state index in [1.54, 1.807) is 4.68 Å². The summed E-state index contributed by atoms with van der Waals surface area (Å²) < 4.78 is 2.52. The van der Waals surface area contributed by atoms with Crippen molar-refractivity contribution in [2.45, 2.75) is 19.8 Å². The van der Waals surface area contributed by atoms with Gasteiger partial charge >= 0.3 is 51.4 Å². The van der Waals surface area contributed by atoms with Gasteiger partial charge in [0.1, 0.15) is 0 Å². The smallest absolute Gasteiger partial charge is 0.550 e. The molecule has 7 heteroatoms. The van der Waals surface area contributed by atoms with E-state index < -0.39 is 12.4 Å². The molecule has 0 N–H and O–H groups in total. The van der Waals surface area contributed by atoms with Gasteiger partial charge in [0.25, 0.3) is 0 Å². The molecule has 0 bridgehead atoms. The van der Waals surface area contributed by atoms with Gasteiger partial charge in [-0.1, -0.05) is 22.9 Å². The van der Waals surface area contributed by atoms with Gasteiger partial charge < -0.3 is 9.90 Å². The molecule has 1 aromatic carbocycles.